The first-order valence-corrected chi connectivity index (χ1v) is 7.20. The zero-order valence-corrected chi connectivity index (χ0v) is 11.8. The summed E-state index contributed by atoms with van der Waals surface area (Å²) in [4.78, 5) is 17.5. The zero-order chi connectivity index (χ0) is 14.8. The lowest BCUT2D eigenvalue weighted by atomic mass is 10.2. The molecule has 0 atom stereocenters. The van der Waals surface area contributed by atoms with Crippen LogP contribution in [0, 0.1) is 0 Å². The Hall–Kier alpha value is -2.06. The Morgan fingerprint density at radius 2 is 2.20 bits per heavy atom. The van der Waals surface area contributed by atoms with Crippen LogP contribution in [0.4, 0.5) is 5.95 Å². The van der Waals surface area contributed by atoms with Crippen LogP contribution in [0.1, 0.15) is 10.4 Å². The second-order valence-corrected chi connectivity index (χ2v) is 5.74. The number of halogens is 1. The number of aromatic amines is 1. The molecule has 0 bridgehead atoms. The molecule has 0 spiro atoms. The van der Waals surface area contributed by atoms with E-state index >= 15 is 0 Å². The number of H-pyrrole nitrogens is 1. The summed E-state index contributed by atoms with van der Waals surface area (Å²) in [6.07, 6.45) is 2.86. The molecule has 0 amide bonds. The quantitative estimate of drug-likeness (QED) is 0.835. The van der Waals surface area contributed by atoms with Crippen molar-refractivity contribution in [3.63, 3.8) is 0 Å². The van der Waals surface area contributed by atoms with Gasteiger partial charge in [-0.2, -0.15) is 0 Å². The molecule has 9 heteroatoms. The predicted molar refractivity (Wildman–Crippen MR) is 72.2 cm³/mol. The van der Waals surface area contributed by atoms with E-state index in [-0.39, 0.29) is 21.4 Å². The molecule has 106 valence electrons. The fraction of sp³-hybridized carbons (Fsp3) is 0.0909. The maximum atomic E-state index is 12.2. The maximum absolute atomic E-state index is 12.2. The van der Waals surface area contributed by atoms with Gasteiger partial charge in [0.15, 0.2) is 0 Å². The number of nitrogens with one attached hydrogen (secondary N) is 2. The Kier molecular flexibility index (Phi) is 3.96. The van der Waals surface area contributed by atoms with Gasteiger partial charge in [0.05, 0.1) is 17.7 Å². The van der Waals surface area contributed by atoms with E-state index < -0.39 is 16.0 Å². The van der Waals surface area contributed by atoms with Crippen molar-refractivity contribution in [1.82, 2.24) is 9.97 Å². The summed E-state index contributed by atoms with van der Waals surface area (Å²) in [6.45, 7) is 0. The number of ether oxygens (including phenoxy) is 1. The lowest BCUT2D eigenvalue weighted by molar-refractivity contribution is 0.0600. The molecule has 1 aromatic heterocycles. The van der Waals surface area contributed by atoms with Crippen LogP contribution in [0.15, 0.2) is 35.5 Å². The number of nitrogens with zero attached hydrogens (tertiary/aromatic N) is 1. The van der Waals surface area contributed by atoms with Crippen LogP contribution in [0.3, 0.4) is 0 Å². The van der Waals surface area contributed by atoms with Gasteiger partial charge in [0.2, 0.25) is 5.95 Å². The largest absolute Gasteiger partial charge is 0.465 e. The molecule has 0 saturated heterocycles. The third-order valence-corrected chi connectivity index (χ3v) is 4.19. The molecule has 0 saturated carbocycles. The highest BCUT2D eigenvalue weighted by molar-refractivity contribution is 7.92. The maximum Gasteiger partial charge on any atom is 0.337 e. The average Bonchev–Trinajstić information content (AvgIpc) is 2.90. The molecule has 0 radical (unpaired) electrons. The SMILES string of the molecule is COC(=O)c1ccc(Cl)c(S(=O)(=O)Nc2ncc[nH]2)c1. The number of aromatic nitrogens is 2. The average molecular weight is 316 g/mol. The van der Waals surface area contributed by atoms with Gasteiger partial charge in [0.25, 0.3) is 10.0 Å². The first kappa shape index (κ1) is 14.4. The van der Waals surface area contributed by atoms with Gasteiger partial charge >= 0.3 is 5.97 Å². The molecule has 2 N–H and O–H groups in total. The molecular formula is C11H10ClN3O4S. The second-order valence-electron chi connectivity index (χ2n) is 3.68. The molecule has 0 unspecified atom stereocenters. The van der Waals surface area contributed by atoms with Crippen molar-refractivity contribution in [2.45, 2.75) is 4.90 Å². The molecule has 2 rings (SSSR count). The van der Waals surface area contributed by atoms with E-state index in [4.69, 9.17) is 11.6 Å². The van der Waals surface area contributed by atoms with Crippen molar-refractivity contribution < 1.29 is 17.9 Å². The van der Waals surface area contributed by atoms with Crippen molar-refractivity contribution in [1.29, 1.82) is 0 Å². The number of anilines is 1. The van der Waals surface area contributed by atoms with Gasteiger partial charge in [-0.1, -0.05) is 11.6 Å². The lowest BCUT2D eigenvalue weighted by Crippen LogP contribution is -2.15. The van der Waals surface area contributed by atoms with E-state index in [1.165, 1.54) is 31.6 Å². The van der Waals surface area contributed by atoms with E-state index in [9.17, 15) is 13.2 Å². The molecular weight excluding hydrogens is 306 g/mol. The Labute approximate surface area is 120 Å². The van der Waals surface area contributed by atoms with Gasteiger partial charge < -0.3 is 9.72 Å². The number of hydrogen-bond acceptors (Lipinski definition) is 5. The van der Waals surface area contributed by atoms with Crippen LogP contribution >= 0.6 is 11.6 Å². The summed E-state index contributed by atoms with van der Waals surface area (Å²) in [5.74, 6) is -0.611. The third-order valence-electron chi connectivity index (χ3n) is 2.37. The third kappa shape index (κ3) is 2.91. The summed E-state index contributed by atoms with van der Waals surface area (Å²) in [7, 11) is -2.76. The number of esters is 1. The number of benzene rings is 1. The van der Waals surface area contributed by atoms with Crippen molar-refractivity contribution in [3.05, 3.63) is 41.2 Å². The van der Waals surface area contributed by atoms with Gasteiger partial charge in [0.1, 0.15) is 4.90 Å². The number of carbonyl (C=O) groups excluding carboxylic acids is 1. The fourth-order valence-corrected chi connectivity index (χ4v) is 2.96. The first-order chi connectivity index (χ1) is 9.44. The van der Waals surface area contributed by atoms with Crippen molar-refractivity contribution in [2.75, 3.05) is 11.8 Å². The fourth-order valence-electron chi connectivity index (χ4n) is 1.46. The summed E-state index contributed by atoms with van der Waals surface area (Å²) in [6, 6.07) is 3.82. The minimum absolute atomic E-state index is 0.0169. The van der Waals surface area contributed by atoms with Gasteiger partial charge in [-0.3, -0.25) is 0 Å². The smallest absolute Gasteiger partial charge is 0.337 e. The molecule has 0 aliphatic carbocycles. The Morgan fingerprint density at radius 3 is 2.80 bits per heavy atom. The molecule has 1 aromatic carbocycles. The van der Waals surface area contributed by atoms with Crippen LogP contribution in [0.2, 0.25) is 5.02 Å². The van der Waals surface area contributed by atoms with Crippen LogP contribution in [0.25, 0.3) is 0 Å². The number of sulfonamides is 1. The lowest BCUT2D eigenvalue weighted by Gasteiger charge is -2.08. The second kappa shape index (κ2) is 5.51. The number of methoxy groups -OCH3 is 1. The highest BCUT2D eigenvalue weighted by Gasteiger charge is 2.21. The van der Waals surface area contributed by atoms with Crippen molar-refractivity contribution in [2.24, 2.45) is 0 Å². The minimum atomic E-state index is -3.96. The number of imidazole rings is 1. The molecule has 1 heterocycles. The van der Waals surface area contributed by atoms with E-state index in [0.717, 1.165) is 6.07 Å². The van der Waals surface area contributed by atoms with Gasteiger partial charge in [0, 0.05) is 12.4 Å². The standard InChI is InChI=1S/C11H10ClN3O4S/c1-19-10(16)7-2-3-8(12)9(6-7)20(17,18)15-11-13-4-5-14-11/h2-6H,1H3,(H2,13,14,15). The van der Waals surface area contributed by atoms with Gasteiger partial charge in [-0.15, -0.1) is 0 Å². The van der Waals surface area contributed by atoms with E-state index in [2.05, 4.69) is 19.4 Å². The van der Waals surface area contributed by atoms with E-state index in [1.807, 2.05) is 0 Å². The first-order valence-electron chi connectivity index (χ1n) is 5.34. The summed E-state index contributed by atoms with van der Waals surface area (Å²) < 4.78 is 31.1. The zero-order valence-electron chi connectivity index (χ0n) is 10.3. The van der Waals surface area contributed by atoms with Crippen molar-refractivity contribution in [3.8, 4) is 0 Å². The number of hydrogen-bond donors (Lipinski definition) is 2. The number of rotatable bonds is 4. The summed E-state index contributed by atoms with van der Waals surface area (Å²) in [5, 5.41) is -0.0169. The predicted octanol–water partition coefficient (Wildman–Crippen LogP) is 1.65. The monoisotopic (exact) mass is 315 g/mol. The van der Waals surface area contributed by atoms with E-state index in [0.29, 0.717) is 0 Å². The normalized spacial score (nSPS) is 11.1. The van der Waals surface area contributed by atoms with Gasteiger partial charge in [-0.25, -0.2) is 22.9 Å². The summed E-state index contributed by atoms with van der Waals surface area (Å²) in [5.41, 5.74) is 0.0803. The Bertz CT molecular complexity index is 728. The van der Waals surface area contributed by atoms with Crippen LogP contribution < -0.4 is 4.72 Å². The topological polar surface area (TPSA) is 101 Å². The van der Waals surface area contributed by atoms with E-state index in [1.54, 1.807) is 0 Å². The Morgan fingerprint density at radius 1 is 1.45 bits per heavy atom. The van der Waals surface area contributed by atoms with Gasteiger partial charge in [-0.05, 0) is 18.2 Å². The van der Waals surface area contributed by atoms with Crippen LogP contribution in [-0.2, 0) is 14.8 Å². The molecule has 0 aliphatic rings. The van der Waals surface area contributed by atoms with Crippen molar-refractivity contribution >= 4 is 33.5 Å². The highest BCUT2D eigenvalue weighted by Crippen LogP contribution is 2.24. The highest BCUT2D eigenvalue weighted by atomic mass is 35.5. The molecule has 2 aromatic rings. The Balaban J connectivity index is 2.42. The number of carbonyl (C=O) groups is 1. The summed E-state index contributed by atoms with van der Waals surface area (Å²) >= 11 is 5.87. The van der Waals surface area contributed by atoms with Crippen LogP contribution in [0.5, 0.6) is 0 Å². The molecule has 20 heavy (non-hydrogen) atoms. The minimum Gasteiger partial charge on any atom is -0.465 e. The molecule has 0 fully saturated rings. The molecule has 0 aliphatic heterocycles. The molecule has 7 nitrogen and oxygen atoms in total. The van der Waals surface area contributed by atoms with Crippen LogP contribution in [-0.4, -0.2) is 31.5 Å².